The molecule has 2 heteroatoms. The van der Waals surface area contributed by atoms with Crippen LogP contribution in [0, 0.1) is 17.8 Å². The molecule has 0 amide bonds. The van der Waals surface area contributed by atoms with Gasteiger partial charge in [-0.25, -0.2) is 0 Å². The lowest BCUT2D eigenvalue weighted by molar-refractivity contribution is -0.115. The third kappa shape index (κ3) is 0.807. The predicted octanol–water partition coefficient (Wildman–Crippen LogP) is 1.96. The van der Waals surface area contributed by atoms with Crippen molar-refractivity contribution in [1.29, 1.82) is 0 Å². The molecule has 0 aliphatic heterocycles. The Labute approximate surface area is 65.1 Å². The summed E-state index contributed by atoms with van der Waals surface area (Å²) < 4.78 is 0. The number of halogens is 1. The van der Waals surface area contributed by atoms with Crippen LogP contribution in [-0.2, 0) is 4.79 Å². The summed E-state index contributed by atoms with van der Waals surface area (Å²) in [5, 5.41) is -0.142. The zero-order valence-corrected chi connectivity index (χ0v) is 6.34. The van der Waals surface area contributed by atoms with Crippen molar-refractivity contribution in [3.05, 3.63) is 12.2 Å². The molecule has 0 saturated heterocycles. The number of carbonyl (C=O) groups is 1. The van der Waals surface area contributed by atoms with Crippen LogP contribution in [0.1, 0.15) is 12.8 Å². The monoisotopic (exact) mass is 156 g/mol. The Morgan fingerprint density at radius 2 is 2.20 bits per heavy atom. The van der Waals surface area contributed by atoms with E-state index < -0.39 is 0 Å². The lowest BCUT2D eigenvalue weighted by Crippen LogP contribution is -2.13. The summed E-state index contributed by atoms with van der Waals surface area (Å²) in [4.78, 5) is 10.8. The van der Waals surface area contributed by atoms with Gasteiger partial charge in [0.2, 0.25) is 5.24 Å². The van der Waals surface area contributed by atoms with Gasteiger partial charge in [0.1, 0.15) is 0 Å². The molecule has 1 saturated carbocycles. The van der Waals surface area contributed by atoms with Crippen molar-refractivity contribution in [2.45, 2.75) is 12.8 Å². The van der Waals surface area contributed by atoms with Crippen LogP contribution in [0.2, 0.25) is 0 Å². The van der Waals surface area contributed by atoms with E-state index >= 15 is 0 Å². The van der Waals surface area contributed by atoms with Crippen molar-refractivity contribution < 1.29 is 4.79 Å². The Kier molecular flexibility index (Phi) is 1.34. The van der Waals surface area contributed by atoms with Crippen LogP contribution >= 0.6 is 11.6 Å². The third-order valence-corrected chi connectivity index (χ3v) is 2.85. The van der Waals surface area contributed by atoms with Crippen LogP contribution in [0.4, 0.5) is 0 Å². The molecule has 0 heterocycles. The molecule has 0 spiro atoms. The molecule has 3 atom stereocenters. The van der Waals surface area contributed by atoms with Gasteiger partial charge in [-0.1, -0.05) is 12.2 Å². The molecular formula is C8H9ClO. The normalized spacial score (nSPS) is 42.7. The van der Waals surface area contributed by atoms with Gasteiger partial charge in [-0.05, 0) is 36.3 Å². The SMILES string of the molecule is O=C(Cl)C1C[C@H]2C=C[C@@H]1C2. The zero-order chi connectivity index (χ0) is 7.14. The minimum atomic E-state index is -0.142. The van der Waals surface area contributed by atoms with E-state index in [1.165, 1.54) is 0 Å². The first-order valence-electron chi connectivity index (χ1n) is 3.65. The molecule has 0 aromatic heterocycles. The van der Waals surface area contributed by atoms with Crippen LogP contribution in [0.3, 0.4) is 0 Å². The predicted molar refractivity (Wildman–Crippen MR) is 39.7 cm³/mol. The fourth-order valence-corrected chi connectivity index (χ4v) is 2.29. The lowest BCUT2D eigenvalue weighted by atomic mass is 9.95. The zero-order valence-electron chi connectivity index (χ0n) is 5.59. The van der Waals surface area contributed by atoms with E-state index in [1.54, 1.807) is 0 Å². The molecular weight excluding hydrogens is 148 g/mol. The Bertz CT molecular complexity index is 197. The van der Waals surface area contributed by atoms with Crippen molar-refractivity contribution in [3.63, 3.8) is 0 Å². The molecule has 54 valence electrons. The minimum absolute atomic E-state index is 0.136. The van der Waals surface area contributed by atoms with Gasteiger partial charge in [0.15, 0.2) is 0 Å². The molecule has 2 rings (SSSR count). The van der Waals surface area contributed by atoms with Crippen molar-refractivity contribution in [3.8, 4) is 0 Å². The summed E-state index contributed by atoms with van der Waals surface area (Å²) >= 11 is 5.41. The Hall–Kier alpha value is -0.300. The van der Waals surface area contributed by atoms with Crippen LogP contribution < -0.4 is 0 Å². The average molecular weight is 157 g/mol. The molecule has 1 fully saturated rings. The van der Waals surface area contributed by atoms with Crippen LogP contribution in [-0.4, -0.2) is 5.24 Å². The minimum Gasteiger partial charge on any atom is -0.281 e. The molecule has 2 aliphatic rings. The second-order valence-corrected chi connectivity index (χ2v) is 3.56. The van der Waals surface area contributed by atoms with Gasteiger partial charge >= 0.3 is 0 Å². The number of hydrogen-bond donors (Lipinski definition) is 0. The highest BCUT2D eigenvalue weighted by atomic mass is 35.5. The first-order chi connectivity index (χ1) is 4.77. The number of fused-ring (bicyclic) bond motifs is 2. The molecule has 0 aromatic carbocycles. The van der Waals surface area contributed by atoms with Crippen molar-refractivity contribution in [1.82, 2.24) is 0 Å². The summed E-state index contributed by atoms with van der Waals surface area (Å²) in [7, 11) is 0. The van der Waals surface area contributed by atoms with Crippen molar-refractivity contribution >= 4 is 16.8 Å². The maximum absolute atomic E-state index is 10.8. The van der Waals surface area contributed by atoms with E-state index in [-0.39, 0.29) is 11.2 Å². The highest BCUT2D eigenvalue weighted by Crippen LogP contribution is 2.44. The first-order valence-corrected chi connectivity index (χ1v) is 4.03. The fourth-order valence-electron chi connectivity index (χ4n) is 2.04. The van der Waals surface area contributed by atoms with Gasteiger partial charge in [0.25, 0.3) is 0 Å². The van der Waals surface area contributed by atoms with Gasteiger partial charge in [0.05, 0.1) is 0 Å². The standard InChI is InChI=1S/C8H9ClO/c9-8(10)7-4-5-1-2-6(7)3-5/h1-2,5-7H,3-4H2/t5-,6+,7?/m0/s1. The summed E-state index contributed by atoms with van der Waals surface area (Å²) in [6.45, 7) is 0. The maximum atomic E-state index is 10.8. The number of hydrogen-bond acceptors (Lipinski definition) is 1. The van der Waals surface area contributed by atoms with Crippen LogP contribution in [0.5, 0.6) is 0 Å². The summed E-state index contributed by atoms with van der Waals surface area (Å²) in [6, 6.07) is 0. The van der Waals surface area contributed by atoms with E-state index in [0.29, 0.717) is 11.8 Å². The Balaban J connectivity index is 2.16. The highest BCUT2D eigenvalue weighted by molar-refractivity contribution is 6.64. The van der Waals surface area contributed by atoms with Crippen molar-refractivity contribution in [2.24, 2.45) is 17.8 Å². The van der Waals surface area contributed by atoms with Gasteiger partial charge in [-0.2, -0.15) is 0 Å². The second kappa shape index (κ2) is 2.09. The third-order valence-electron chi connectivity index (χ3n) is 2.57. The molecule has 1 unspecified atom stereocenters. The quantitative estimate of drug-likeness (QED) is 0.419. The van der Waals surface area contributed by atoms with Gasteiger partial charge in [-0.3, -0.25) is 4.79 Å². The largest absolute Gasteiger partial charge is 0.281 e. The van der Waals surface area contributed by atoms with Crippen LogP contribution in [0.15, 0.2) is 12.2 Å². The summed E-state index contributed by atoms with van der Waals surface area (Å²) in [5.41, 5.74) is 0. The smallest absolute Gasteiger partial charge is 0.225 e. The van der Waals surface area contributed by atoms with Gasteiger partial charge in [-0.15, -0.1) is 0 Å². The Morgan fingerprint density at radius 3 is 2.50 bits per heavy atom. The topological polar surface area (TPSA) is 17.1 Å². The average Bonchev–Trinajstić information content (AvgIpc) is 2.44. The van der Waals surface area contributed by atoms with E-state index in [2.05, 4.69) is 12.2 Å². The van der Waals surface area contributed by atoms with E-state index in [0.717, 1.165) is 12.8 Å². The van der Waals surface area contributed by atoms with Crippen LogP contribution in [0.25, 0.3) is 0 Å². The molecule has 2 bridgehead atoms. The lowest BCUT2D eigenvalue weighted by Gasteiger charge is -2.11. The second-order valence-electron chi connectivity index (χ2n) is 3.19. The number of rotatable bonds is 1. The van der Waals surface area contributed by atoms with E-state index in [1.807, 2.05) is 0 Å². The number of allylic oxidation sites excluding steroid dienone is 2. The van der Waals surface area contributed by atoms with E-state index in [4.69, 9.17) is 11.6 Å². The highest BCUT2D eigenvalue weighted by Gasteiger charge is 2.38. The molecule has 10 heavy (non-hydrogen) atoms. The Morgan fingerprint density at radius 1 is 1.40 bits per heavy atom. The van der Waals surface area contributed by atoms with Gasteiger partial charge in [0, 0.05) is 5.92 Å². The maximum Gasteiger partial charge on any atom is 0.225 e. The molecule has 0 aromatic rings. The fraction of sp³-hybridized carbons (Fsp3) is 0.625. The molecule has 0 radical (unpaired) electrons. The molecule has 1 nitrogen and oxygen atoms in total. The number of carbonyl (C=O) groups excluding carboxylic acids is 1. The van der Waals surface area contributed by atoms with E-state index in [9.17, 15) is 4.79 Å². The first kappa shape index (κ1) is 6.41. The summed E-state index contributed by atoms with van der Waals surface area (Å²) in [5.74, 6) is 1.25. The van der Waals surface area contributed by atoms with Gasteiger partial charge < -0.3 is 0 Å². The summed E-state index contributed by atoms with van der Waals surface area (Å²) in [6.07, 6.45) is 6.49. The van der Waals surface area contributed by atoms with Crippen molar-refractivity contribution in [2.75, 3.05) is 0 Å². The molecule has 0 N–H and O–H groups in total. The molecule has 2 aliphatic carbocycles.